The first-order valence-electron chi connectivity index (χ1n) is 9.60. The van der Waals surface area contributed by atoms with E-state index < -0.39 is 0 Å². The van der Waals surface area contributed by atoms with Gasteiger partial charge in [0.1, 0.15) is 4.88 Å². The molecule has 1 spiro atoms. The SMILES string of the molecule is Cc1nc(N)sc1C(=O)N1CCC[C@]2(CCC(=O)N(CCC(C)C)C2)C1. The fraction of sp³-hybridized carbons (Fsp3) is 0.737. The van der Waals surface area contributed by atoms with E-state index in [1.165, 1.54) is 11.3 Å². The monoisotopic (exact) mass is 378 g/mol. The zero-order valence-electron chi connectivity index (χ0n) is 16.1. The van der Waals surface area contributed by atoms with Crippen LogP contribution in [-0.2, 0) is 4.79 Å². The Bertz CT molecular complexity index is 687. The predicted molar refractivity (Wildman–Crippen MR) is 104 cm³/mol. The highest BCUT2D eigenvalue weighted by Crippen LogP contribution is 2.39. The van der Waals surface area contributed by atoms with Crippen LogP contribution in [0, 0.1) is 18.3 Å². The van der Waals surface area contributed by atoms with Gasteiger partial charge in [0.05, 0.1) is 5.69 Å². The van der Waals surface area contributed by atoms with Gasteiger partial charge < -0.3 is 15.5 Å². The number of anilines is 1. The van der Waals surface area contributed by atoms with Crippen LogP contribution in [-0.4, -0.2) is 52.8 Å². The van der Waals surface area contributed by atoms with Crippen LogP contribution in [0.25, 0.3) is 0 Å². The normalized spacial score (nSPS) is 23.9. The third-order valence-corrected chi connectivity index (χ3v) is 6.66. The number of amides is 2. The molecule has 0 bridgehead atoms. The average Bonchev–Trinajstić information content (AvgIpc) is 2.93. The number of likely N-dealkylation sites (tertiary alicyclic amines) is 2. The lowest BCUT2D eigenvalue weighted by atomic mass is 9.73. The summed E-state index contributed by atoms with van der Waals surface area (Å²) in [5.41, 5.74) is 6.53. The van der Waals surface area contributed by atoms with Gasteiger partial charge in [-0.05, 0) is 38.5 Å². The molecule has 2 aliphatic heterocycles. The van der Waals surface area contributed by atoms with E-state index >= 15 is 0 Å². The van der Waals surface area contributed by atoms with Crippen LogP contribution < -0.4 is 5.73 Å². The van der Waals surface area contributed by atoms with Crippen LogP contribution in [0.1, 0.15) is 61.3 Å². The third kappa shape index (κ3) is 4.03. The largest absolute Gasteiger partial charge is 0.375 e. The maximum absolute atomic E-state index is 13.0. The van der Waals surface area contributed by atoms with Crippen LogP contribution in [0.3, 0.4) is 0 Å². The standard InChI is InChI=1S/C19H30N4O2S/c1-13(2)6-10-22-11-19(8-5-15(22)24)7-4-9-23(12-19)17(25)16-14(3)21-18(20)26-16/h13H,4-12H2,1-3H3,(H2,20,21)/t19-/m1/s1. The fourth-order valence-electron chi connectivity index (χ4n) is 4.19. The number of aryl methyl sites for hydroxylation is 1. The molecule has 0 unspecified atom stereocenters. The van der Waals surface area contributed by atoms with E-state index in [4.69, 9.17) is 5.73 Å². The van der Waals surface area contributed by atoms with Gasteiger partial charge >= 0.3 is 0 Å². The number of hydrogen-bond acceptors (Lipinski definition) is 5. The van der Waals surface area contributed by atoms with Gasteiger partial charge in [-0.15, -0.1) is 0 Å². The van der Waals surface area contributed by atoms with Crippen molar-refractivity contribution in [2.24, 2.45) is 11.3 Å². The van der Waals surface area contributed by atoms with E-state index in [1.54, 1.807) is 0 Å². The van der Waals surface area contributed by atoms with E-state index in [0.29, 0.717) is 22.3 Å². The molecule has 2 N–H and O–H groups in total. The summed E-state index contributed by atoms with van der Waals surface area (Å²) in [7, 11) is 0. The van der Waals surface area contributed by atoms with Crippen LogP contribution in [0.4, 0.5) is 5.13 Å². The number of piperidine rings is 2. The van der Waals surface area contributed by atoms with Crippen molar-refractivity contribution in [3.05, 3.63) is 10.6 Å². The third-order valence-electron chi connectivity index (χ3n) is 5.68. The molecule has 26 heavy (non-hydrogen) atoms. The lowest BCUT2D eigenvalue weighted by molar-refractivity contribution is -0.139. The van der Waals surface area contributed by atoms with Crippen molar-refractivity contribution < 1.29 is 9.59 Å². The lowest BCUT2D eigenvalue weighted by Gasteiger charge is -2.48. The minimum atomic E-state index is 0.0430. The van der Waals surface area contributed by atoms with E-state index in [-0.39, 0.29) is 17.2 Å². The summed E-state index contributed by atoms with van der Waals surface area (Å²) in [4.78, 5) is 34.2. The molecule has 7 heteroatoms. The predicted octanol–water partition coefficient (Wildman–Crippen LogP) is 2.92. The number of nitrogen functional groups attached to an aromatic ring is 1. The highest BCUT2D eigenvalue weighted by Gasteiger charge is 2.43. The van der Waals surface area contributed by atoms with Crippen molar-refractivity contribution >= 4 is 28.3 Å². The van der Waals surface area contributed by atoms with E-state index in [2.05, 4.69) is 18.8 Å². The zero-order chi connectivity index (χ0) is 18.9. The molecule has 6 nitrogen and oxygen atoms in total. The molecule has 0 saturated carbocycles. The van der Waals surface area contributed by atoms with Gasteiger partial charge in [-0.25, -0.2) is 4.98 Å². The number of nitrogens with two attached hydrogens (primary N) is 1. The first kappa shape index (κ1) is 19.1. The quantitative estimate of drug-likeness (QED) is 0.874. The molecule has 0 radical (unpaired) electrons. The van der Waals surface area contributed by atoms with Gasteiger partial charge in [0.2, 0.25) is 5.91 Å². The Kier molecular flexibility index (Phi) is 5.55. The molecule has 144 valence electrons. The number of thiazole rings is 1. The van der Waals surface area contributed by atoms with Gasteiger partial charge in [-0.3, -0.25) is 9.59 Å². The van der Waals surface area contributed by atoms with E-state index in [1.807, 2.05) is 16.7 Å². The van der Waals surface area contributed by atoms with Crippen LogP contribution in [0.15, 0.2) is 0 Å². The Labute approximate surface area is 159 Å². The Balaban J connectivity index is 1.71. The maximum Gasteiger partial charge on any atom is 0.265 e. The zero-order valence-corrected chi connectivity index (χ0v) is 16.9. The van der Waals surface area contributed by atoms with Gasteiger partial charge in [-0.1, -0.05) is 25.2 Å². The smallest absolute Gasteiger partial charge is 0.265 e. The number of carbonyl (C=O) groups excluding carboxylic acids is 2. The molecule has 3 rings (SSSR count). The highest BCUT2D eigenvalue weighted by atomic mass is 32.1. The molecule has 1 atom stereocenters. The summed E-state index contributed by atoms with van der Waals surface area (Å²) in [5.74, 6) is 0.900. The second-order valence-corrected chi connectivity index (χ2v) is 9.33. The number of aromatic nitrogens is 1. The number of rotatable bonds is 4. The molecule has 2 amide bonds. The summed E-state index contributed by atoms with van der Waals surface area (Å²) >= 11 is 1.27. The molecule has 2 fully saturated rings. The lowest BCUT2D eigenvalue weighted by Crippen LogP contribution is -2.55. The molecule has 1 aromatic rings. The van der Waals surface area contributed by atoms with Gasteiger partial charge in [0, 0.05) is 38.0 Å². The minimum Gasteiger partial charge on any atom is -0.375 e. The Morgan fingerprint density at radius 1 is 1.35 bits per heavy atom. The summed E-state index contributed by atoms with van der Waals surface area (Å²) in [6, 6.07) is 0. The Morgan fingerprint density at radius 2 is 2.12 bits per heavy atom. The topological polar surface area (TPSA) is 79.5 Å². The van der Waals surface area contributed by atoms with E-state index in [0.717, 1.165) is 57.6 Å². The van der Waals surface area contributed by atoms with E-state index in [9.17, 15) is 9.59 Å². The van der Waals surface area contributed by atoms with Crippen LogP contribution >= 0.6 is 11.3 Å². The van der Waals surface area contributed by atoms with Crippen LogP contribution in [0.2, 0.25) is 0 Å². The summed E-state index contributed by atoms with van der Waals surface area (Å²) < 4.78 is 0. The maximum atomic E-state index is 13.0. The Morgan fingerprint density at radius 3 is 2.77 bits per heavy atom. The second kappa shape index (κ2) is 7.55. The van der Waals surface area contributed by atoms with Crippen molar-refractivity contribution in [3.8, 4) is 0 Å². The second-order valence-electron chi connectivity index (χ2n) is 8.29. The Hall–Kier alpha value is -1.63. The number of nitrogens with zero attached hydrogens (tertiary/aromatic N) is 3. The molecule has 1 aromatic heterocycles. The first-order valence-corrected chi connectivity index (χ1v) is 10.4. The van der Waals surface area contributed by atoms with Gasteiger partial charge in [0.25, 0.3) is 5.91 Å². The average molecular weight is 379 g/mol. The molecule has 2 saturated heterocycles. The van der Waals surface area contributed by atoms with Crippen molar-refractivity contribution in [1.82, 2.24) is 14.8 Å². The highest BCUT2D eigenvalue weighted by molar-refractivity contribution is 7.17. The van der Waals surface area contributed by atoms with Gasteiger partial charge in [-0.2, -0.15) is 0 Å². The number of hydrogen-bond donors (Lipinski definition) is 1. The van der Waals surface area contributed by atoms with Crippen molar-refractivity contribution in [2.75, 3.05) is 31.9 Å². The molecule has 0 aromatic carbocycles. The summed E-state index contributed by atoms with van der Waals surface area (Å²) in [6.07, 6.45) is 4.60. The molecular formula is C19H30N4O2S. The summed E-state index contributed by atoms with van der Waals surface area (Å²) in [6.45, 7) is 9.34. The molecule has 3 heterocycles. The fourth-order valence-corrected chi connectivity index (χ4v) is 5.00. The van der Waals surface area contributed by atoms with Crippen molar-refractivity contribution in [3.63, 3.8) is 0 Å². The van der Waals surface area contributed by atoms with Crippen molar-refractivity contribution in [1.29, 1.82) is 0 Å². The first-order chi connectivity index (χ1) is 12.3. The van der Waals surface area contributed by atoms with Gasteiger partial charge in [0.15, 0.2) is 5.13 Å². The van der Waals surface area contributed by atoms with Crippen molar-refractivity contribution in [2.45, 2.75) is 52.9 Å². The molecule has 2 aliphatic rings. The number of carbonyl (C=O) groups is 2. The summed E-state index contributed by atoms with van der Waals surface area (Å²) in [5, 5.41) is 0.445. The van der Waals surface area contributed by atoms with Crippen LogP contribution in [0.5, 0.6) is 0 Å². The molecule has 0 aliphatic carbocycles. The minimum absolute atomic E-state index is 0.0430. The molecular weight excluding hydrogens is 348 g/mol.